The molecule has 1 heterocycles. The number of primary sulfonamides is 1. The molecule has 1 aromatic carbocycles. The molecule has 1 aromatic heterocycles. The van der Waals surface area contributed by atoms with Gasteiger partial charge in [-0.3, -0.25) is 9.48 Å². The summed E-state index contributed by atoms with van der Waals surface area (Å²) in [6, 6.07) is 5.57. The zero-order chi connectivity index (χ0) is 17.0. The van der Waals surface area contributed by atoms with Crippen molar-refractivity contribution in [1.82, 2.24) is 9.78 Å². The van der Waals surface area contributed by atoms with Crippen LogP contribution in [0.1, 0.15) is 24.2 Å². The number of nitrogens with two attached hydrogens (primary N) is 1. The maximum absolute atomic E-state index is 12.3. The van der Waals surface area contributed by atoms with E-state index in [1.54, 1.807) is 17.8 Å². The summed E-state index contributed by atoms with van der Waals surface area (Å²) in [5.74, 6) is -0.135. The van der Waals surface area contributed by atoms with Crippen molar-refractivity contribution in [2.45, 2.75) is 25.3 Å². The van der Waals surface area contributed by atoms with Crippen LogP contribution in [0.5, 0.6) is 5.88 Å². The first-order valence-electron chi connectivity index (χ1n) is 6.99. The first-order valence-corrected chi connectivity index (χ1v) is 8.54. The second-order valence-electron chi connectivity index (χ2n) is 4.66. The van der Waals surface area contributed by atoms with Crippen LogP contribution < -0.4 is 15.2 Å². The lowest BCUT2D eigenvalue weighted by Crippen LogP contribution is -2.14. The van der Waals surface area contributed by atoms with Gasteiger partial charge in [-0.05, 0) is 38.1 Å². The number of carbonyl (C=O) groups is 1. The fraction of sp³-hybridized carbons (Fsp3) is 0.286. The molecule has 2 rings (SSSR count). The summed E-state index contributed by atoms with van der Waals surface area (Å²) in [5, 5.41) is 11.9. The number of hydrogen-bond acceptors (Lipinski definition) is 5. The van der Waals surface area contributed by atoms with Gasteiger partial charge in [0.05, 0.1) is 11.5 Å². The lowest BCUT2D eigenvalue weighted by molar-refractivity contribution is 0.102. The molecule has 0 aliphatic rings. The maximum atomic E-state index is 12.3. The third-order valence-corrected chi connectivity index (χ3v) is 3.95. The third-order valence-electron chi connectivity index (χ3n) is 3.02. The zero-order valence-electron chi connectivity index (χ0n) is 12.8. The Morgan fingerprint density at radius 1 is 1.30 bits per heavy atom. The summed E-state index contributed by atoms with van der Waals surface area (Å²) in [6.45, 7) is 4.70. The van der Waals surface area contributed by atoms with Crippen LogP contribution in [0.4, 0.5) is 5.69 Å². The number of aromatic nitrogens is 2. The minimum Gasteiger partial charge on any atom is -0.476 e. The van der Waals surface area contributed by atoms with E-state index < -0.39 is 15.9 Å². The number of carbonyl (C=O) groups excluding carboxylic acids is 1. The minimum atomic E-state index is -3.76. The number of nitrogens with one attached hydrogen (secondary N) is 1. The SMILES string of the molecule is CCOc1nn(CC)cc1C(=O)Nc1ccc(S(N)(=O)=O)cc1. The molecule has 0 aliphatic heterocycles. The van der Waals surface area contributed by atoms with Gasteiger partial charge in [-0.1, -0.05) is 0 Å². The molecule has 124 valence electrons. The predicted octanol–water partition coefficient (Wildman–Crippen LogP) is 1.20. The zero-order valence-corrected chi connectivity index (χ0v) is 13.6. The van der Waals surface area contributed by atoms with Crippen molar-refractivity contribution in [3.05, 3.63) is 36.0 Å². The Bertz CT molecular complexity index is 797. The predicted molar refractivity (Wildman–Crippen MR) is 84.8 cm³/mol. The van der Waals surface area contributed by atoms with Gasteiger partial charge in [0, 0.05) is 18.4 Å². The van der Waals surface area contributed by atoms with Gasteiger partial charge in [-0.25, -0.2) is 13.6 Å². The monoisotopic (exact) mass is 338 g/mol. The smallest absolute Gasteiger partial charge is 0.262 e. The number of rotatable bonds is 6. The van der Waals surface area contributed by atoms with Crippen molar-refractivity contribution < 1.29 is 17.9 Å². The first-order chi connectivity index (χ1) is 10.8. The van der Waals surface area contributed by atoms with Gasteiger partial charge in [-0.15, -0.1) is 5.10 Å². The Hall–Kier alpha value is -2.39. The summed E-state index contributed by atoms with van der Waals surface area (Å²) in [7, 11) is -3.76. The summed E-state index contributed by atoms with van der Waals surface area (Å²) in [6.07, 6.45) is 1.60. The summed E-state index contributed by atoms with van der Waals surface area (Å²) in [4.78, 5) is 12.3. The van der Waals surface area contributed by atoms with Crippen LogP contribution >= 0.6 is 0 Å². The Morgan fingerprint density at radius 3 is 2.48 bits per heavy atom. The highest BCUT2D eigenvalue weighted by molar-refractivity contribution is 7.89. The van der Waals surface area contributed by atoms with Gasteiger partial charge in [-0.2, -0.15) is 0 Å². The van der Waals surface area contributed by atoms with Crippen LogP contribution in [-0.2, 0) is 16.6 Å². The maximum Gasteiger partial charge on any atom is 0.262 e. The Morgan fingerprint density at radius 2 is 1.96 bits per heavy atom. The first kappa shape index (κ1) is 17.0. The Balaban J connectivity index is 2.20. The van der Waals surface area contributed by atoms with E-state index in [1.807, 2.05) is 6.92 Å². The lowest BCUT2D eigenvalue weighted by Gasteiger charge is -2.06. The van der Waals surface area contributed by atoms with Crippen molar-refractivity contribution in [2.24, 2.45) is 5.14 Å². The average molecular weight is 338 g/mol. The molecule has 8 nitrogen and oxygen atoms in total. The van der Waals surface area contributed by atoms with Gasteiger partial charge >= 0.3 is 0 Å². The van der Waals surface area contributed by atoms with Gasteiger partial charge < -0.3 is 10.1 Å². The molecule has 23 heavy (non-hydrogen) atoms. The van der Waals surface area contributed by atoms with Crippen LogP contribution in [0.25, 0.3) is 0 Å². The molecular weight excluding hydrogens is 320 g/mol. The van der Waals surface area contributed by atoms with Crippen molar-refractivity contribution in [2.75, 3.05) is 11.9 Å². The number of sulfonamides is 1. The van der Waals surface area contributed by atoms with E-state index in [0.29, 0.717) is 24.4 Å². The van der Waals surface area contributed by atoms with E-state index >= 15 is 0 Å². The molecule has 0 spiro atoms. The molecule has 0 bridgehead atoms. The number of aryl methyl sites for hydroxylation is 1. The van der Waals surface area contributed by atoms with Gasteiger partial charge in [0.1, 0.15) is 5.56 Å². The normalized spacial score (nSPS) is 11.3. The van der Waals surface area contributed by atoms with E-state index in [0.717, 1.165) is 0 Å². The van der Waals surface area contributed by atoms with E-state index in [4.69, 9.17) is 9.88 Å². The van der Waals surface area contributed by atoms with Crippen molar-refractivity contribution in [3.8, 4) is 5.88 Å². The van der Waals surface area contributed by atoms with E-state index in [-0.39, 0.29) is 10.8 Å². The molecule has 0 fully saturated rings. The van der Waals surface area contributed by atoms with Gasteiger partial charge in [0.25, 0.3) is 5.91 Å². The molecule has 2 aromatic rings. The topological polar surface area (TPSA) is 116 Å². The van der Waals surface area contributed by atoms with Crippen LogP contribution in [-0.4, -0.2) is 30.7 Å². The van der Waals surface area contributed by atoms with Crippen LogP contribution in [0.2, 0.25) is 0 Å². The van der Waals surface area contributed by atoms with E-state index in [9.17, 15) is 13.2 Å². The molecule has 0 atom stereocenters. The number of anilines is 1. The number of ether oxygens (including phenoxy) is 1. The molecule has 3 N–H and O–H groups in total. The average Bonchev–Trinajstić information content (AvgIpc) is 2.90. The van der Waals surface area contributed by atoms with Gasteiger partial charge in [0.2, 0.25) is 15.9 Å². The second kappa shape index (κ2) is 6.80. The summed E-state index contributed by atoms with van der Waals surface area (Å²) < 4.78 is 29.4. The molecular formula is C14H18N4O4S. The number of benzene rings is 1. The number of nitrogens with zero attached hydrogens (tertiary/aromatic N) is 2. The quantitative estimate of drug-likeness (QED) is 0.821. The summed E-state index contributed by atoms with van der Waals surface area (Å²) in [5.41, 5.74) is 0.748. The Labute approximate surface area is 134 Å². The Kier molecular flexibility index (Phi) is 5.02. The molecule has 9 heteroatoms. The van der Waals surface area contributed by atoms with Crippen molar-refractivity contribution >= 4 is 21.6 Å². The molecule has 1 amide bonds. The van der Waals surface area contributed by atoms with Gasteiger partial charge in [0.15, 0.2) is 0 Å². The highest BCUT2D eigenvalue weighted by Gasteiger charge is 2.18. The number of hydrogen-bond donors (Lipinski definition) is 2. The lowest BCUT2D eigenvalue weighted by atomic mass is 10.2. The standard InChI is InChI=1S/C14H18N4O4S/c1-3-18-9-12(14(17-18)22-4-2)13(19)16-10-5-7-11(8-6-10)23(15,20)21/h5-9H,3-4H2,1-2H3,(H,16,19)(H2,15,20,21). The van der Waals surface area contributed by atoms with Crippen LogP contribution in [0.15, 0.2) is 35.4 Å². The second-order valence-corrected chi connectivity index (χ2v) is 6.22. The fourth-order valence-electron chi connectivity index (χ4n) is 1.89. The molecule has 0 saturated heterocycles. The third kappa shape index (κ3) is 4.08. The fourth-order valence-corrected chi connectivity index (χ4v) is 2.41. The highest BCUT2D eigenvalue weighted by Crippen LogP contribution is 2.19. The largest absolute Gasteiger partial charge is 0.476 e. The molecule has 0 unspecified atom stereocenters. The molecule has 0 radical (unpaired) electrons. The molecule has 0 saturated carbocycles. The van der Waals surface area contributed by atoms with E-state index in [2.05, 4.69) is 10.4 Å². The minimum absolute atomic E-state index is 0.0238. The van der Waals surface area contributed by atoms with E-state index in [1.165, 1.54) is 24.3 Å². The van der Waals surface area contributed by atoms with Crippen molar-refractivity contribution in [1.29, 1.82) is 0 Å². The van der Waals surface area contributed by atoms with Crippen LogP contribution in [0.3, 0.4) is 0 Å². The number of amides is 1. The summed E-state index contributed by atoms with van der Waals surface area (Å²) >= 11 is 0. The van der Waals surface area contributed by atoms with Crippen LogP contribution in [0, 0.1) is 0 Å². The highest BCUT2D eigenvalue weighted by atomic mass is 32.2. The molecule has 0 aliphatic carbocycles. The van der Waals surface area contributed by atoms with Crippen molar-refractivity contribution in [3.63, 3.8) is 0 Å².